The van der Waals surface area contributed by atoms with Crippen LogP contribution in [0.15, 0.2) is 91.3 Å². The summed E-state index contributed by atoms with van der Waals surface area (Å²) in [5, 5.41) is 73.1. The fourth-order valence-electron chi connectivity index (χ4n) is 35.5. The quantitative estimate of drug-likeness (QED) is 0.0737. The molecule has 5 heterocycles. The molecule has 4 N–H and O–H groups in total. The number of pyridine rings is 1. The fraction of sp³-hybridized carbons (Fsp3) is 0.741. The molecule has 132 heavy (non-hydrogen) atoms. The summed E-state index contributed by atoms with van der Waals surface area (Å²) in [6.07, 6.45) is 37.8. The van der Waals surface area contributed by atoms with Gasteiger partial charge in [0.2, 0.25) is 0 Å². The first-order chi connectivity index (χ1) is 63.3. The highest BCUT2D eigenvalue weighted by Crippen LogP contribution is 2.70. The molecular formula is C108H144F4N12O8. The largest absolute Gasteiger partial charge is 0.390 e. The summed E-state index contributed by atoms with van der Waals surface area (Å²) >= 11 is 0. The third-order valence-corrected chi connectivity index (χ3v) is 41.5. The highest BCUT2D eigenvalue weighted by molar-refractivity contribution is 5.86. The molecule has 3 aromatic carbocycles. The number of Topliss-reactive ketones (excluding diaryl/α,β-unsaturated/α-hetero) is 4. The molecule has 16 aliphatic carbocycles. The average Bonchev–Trinajstić information content (AvgIpc) is 1.54. The van der Waals surface area contributed by atoms with Crippen molar-refractivity contribution >= 4 is 67.3 Å². The highest BCUT2D eigenvalue weighted by atomic mass is 19.3. The van der Waals surface area contributed by atoms with Crippen LogP contribution in [0.1, 0.15) is 273 Å². The van der Waals surface area contributed by atoms with Crippen molar-refractivity contribution in [3.63, 3.8) is 0 Å². The molecule has 16 fully saturated rings. The van der Waals surface area contributed by atoms with E-state index < -0.39 is 35.5 Å². The van der Waals surface area contributed by atoms with Gasteiger partial charge in [0.15, 0.2) is 23.1 Å². The maximum atomic E-state index is 13.6. The third kappa shape index (κ3) is 16.4. The number of alkyl halides is 3. The van der Waals surface area contributed by atoms with Gasteiger partial charge < -0.3 is 20.4 Å². The SMILES string of the molecule is C[C@@]1(O)CC[C@H]2[C@H](CC[C@@H]3[C@@H]2CC[C@]2(C)[C@@H](C(=O)Cn4nc5ccccc5n4)CC[C@@H]32)C1.C[C@@]1(O)CC[C@H]2[C@H](CC[C@@H]3[C@@H]2CC[C@]2(C)[C@@H](C(=O)Cn4nnc5ccccc54)CC[C@@H]32)C1.C[C@]12CC[C@H]3[C@@H](CC[C@@H]4C[C@@](O)(C(F)F)CC[C@@H]43)[C@@H]1CC[C@@H]2C(=O)Cn1cc2ncccc2n1.C[C@]12CC[C@H]3[C@@H](CC[C@@H]4C[C@@](O)(CF)CC[C@@H]43)[C@@H]1CC[C@@H]2C(=O)Cn1nc2ccc(F)cc2n1. The predicted octanol–water partition coefficient (Wildman–Crippen LogP) is 20.4. The lowest BCUT2D eigenvalue weighted by atomic mass is 9.49. The number of hydrogen-bond donors (Lipinski definition) is 4. The lowest BCUT2D eigenvalue weighted by Gasteiger charge is -2.57. The Kier molecular flexibility index (Phi) is 24.2. The molecular weight excluding hydrogens is 1670 g/mol. The minimum Gasteiger partial charge on any atom is -0.390 e. The Balaban J connectivity index is 0.000000106. The third-order valence-electron chi connectivity index (χ3n) is 41.5. The molecule has 0 bridgehead atoms. The second-order valence-electron chi connectivity index (χ2n) is 48.1. The molecule has 0 spiro atoms. The lowest BCUT2D eigenvalue weighted by molar-refractivity contribution is -0.160. The smallest absolute Gasteiger partial charge is 0.266 e. The van der Waals surface area contributed by atoms with Crippen LogP contribution in [0.2, 0.25) is 0 Å². The van der Waals surface area contributed by atoms with Crippen molar-refractivity contribution < 1.29 is 57.2 Å². The maximum absolute atomic E-state index is 13.6. The second-order valence-corrected chi connectivity index (χ2v) is 48.1. The van der Waals surface area contributed by atoms with Crippen LogP contribution in [-0.2, 0) is 45.4 Å². The van der Waals surface area contributed by atoms with Crippen LogP contribution < -0.4 is 0 Å². The Morgan fingerprint density at radius 2 is 0.765 bits per heavy atom. The standard InChI is InChI=1S/2C27H35F2N3O2.2C27H37N3O2/c1-26-10-8-19-18-9-11-27(34,15-28)13-16(18)2-4-20(19)21(26)5-6-22(26)25(33)14-32-30-23-7-3-17(29)12-24(23)31-32;1-26-10-8-18-17-9-11-27(34,25(28)29)13-16(17)4-5-19(18)20(26)6-7-21(26)24(33)15-32-14-23-22(31-32)3-2-12-30-23;1-26(32)13-11-18-17(15-26)7-8-20-19(18)12-14-27(2)21(20)9-10-22(27)25(31)16-30-24-6-4-3-5-23(24)28-29-30;1-26(32)13-11-18-17(15-26)7-8-20-19(18)12-14-27(2)21(20)9-10-22(27)25(31)16-30-28-23-5-3-4-6-24(23)29-30/h3,7,12,16,18-22,34H,2,4-6,8-11,13-15H2,1H3;2-3,12,14,16-21,25,34H,4-11,13,15H2,1H3;2*3-6,17-22,32H,7-16H2,1-2H3/t16-,18+,19-,20-,21+,22-,26+,27-;16-,17+,18-,19-,20+,21-,26+,27-;2*17-,18+,19-,20-,21+,22-,26-,27+/m1111/s1. The second kappa shape index (κ2) is 35.0. The van der Waals surface area contributed by atoms with Crippen LogP contribution >= 0.6 is 0 Å². The van der Waals surface area contributed by atoms with E-state index in [-0.39, 0.29) is 88.0 Å². The maximum Gasteiger partial charge on any atom is 0.266 e. The zero-order chi connectivity index (χ0) is 91.5. The number of rotatable bonds is 14. The van der Waals surface area contributed by atoms with E-state index in [1.54, 1.807) is 26.4 Å². The average molecular weight is 1810 g/mol. The number of nitrogens with zero attached hydrogens (tertiary/aromatic N) is 12. The number of hydrogen-bond acceptors (Lipinski definition) is 16. The monoisotopic (exact) mass is 1810 g/mol. The summed E-state index contributed by atoms with van der Waals surface area (Å²) in [4.78, 5) is 61.4. The molecule has 16 aliphatic rings. The van der Waals surface area contributed by atoms with Gasteiger partial charge in [0.05, 0.1) is 35.1 Å². The van der Waals surface area contributed by atoms with E-state index in [0.29, 0.717) is 132 Å². The van der Waals surface area contributed by atoms with E-state index in [1.807, 2.05) is 80.7 Å². The number of para-hydroxylation sites is 1. The van der Waals surface area contributed by atoms with Gasteiger partial charge in [-0.2, -0.15) is 35.1 Å². The van der Waals surface area contributed by atoms with Crippen LogP contribution in [0.25, 0.3) is 44.1 Å². The fourth-order valence-corrected chi connectivity index (χ4v) is 35.5. The molecule has 0 aliphatic heterocycles. The van der Waals surface area contributed by atoms with Gasteiger partial charge in [-0.1, -0.05) is 57.2 Å². The first kappa shape index (κ1) is 91.2. The summed E-state index contributed by atoms with van der Waals surface area (Å²) < 4.78 is 57.4. The van der Waals surface area contributed by atoms with Crippen LogP contribution in [-0.4, -0.2) is 139 Å². The summed E-state index contributed by atoms with van der Waals surface area (Å²) in [6.45, 7) is 14.1. The normalized spacial score (nSPS) is 42.6. The Morgan fingerprint density at radius 1 is 0.379 bits per heavy atom. The number of benzene rings is 3. The van der Waals surface area contributed by atoms with Crippen molar-refractivity contribution in [1.29, 1.82) is 0 Å². The molecule has 0 radical (unpaired) electrons. The van der Waals surface area contributed by atoms with E-state index in [1.165, 1.54) is 94.0 Å². The van der Waals surface area contributed by atoms with Gasteiger partial charge in [-0.3, -0.25) is 28.8 Å². The number of carbonyl (C=O) groups excluding carboxylic acids is 4. The zero-order valence-electron chi connectivity index (χ0n) is 78.9. The predicted molar refractivity (Wildman–Crippen MR) is 496 cm³/mol. The Labute approximate surface area is 775 Å². The molecule has 20 nitrogen and oxygen atoms in total. The van der Waals surface area contributed by atoms with Crippen molar-refractivity contribution in [2.75, 3.05) is 6.67 Å². The Hall–Kier alpha value is -7.28. The van der Waals surface area contributed by atoms with Gasteiger partial charge in [-0.25, -0.2) is 22.2 Å². The molecule has 5 aromatic heterocycles. The zero-order valence-corrected chi connectivity index (χ0v) is 78.9. The number of fused-ring (bicyclic) bond motifs is 24. The van der Waals surface area contributed by atoms with E-state index >= 15 is 0 Å². The van der Waals surface area contributed by atoms with Crippen LogP contribution in [0.3, 0.4) is 0 Å². The van der Waals surface area contributed by atoms with Crippen molar-refractivity contribution in [3.05, 3.63) is 97.1 Å². The number of carbonyl (C=O) groups is 4. The Bertz CT molecular complexity index is 5520. The topological polar surface area (TPSA) is 272 Å². The van der Waals surface area contributed by atoms with Gasteiger partial charge in [0.1, 0.15) is 76.3 Å². The van der Waals surface area contributed by atoms with Gasteiger partial charge in [-0.15, -0.1) is 5.10 Å². The van der Waals surface area contributed by atoms with Crippen LogP contribution in [0.5, 0.6) is 0 Å². The minimum absolute atomic E-state index is 0.0120. The van der Waals surface area contributed by atoms with Gasteiger partial charge in [0, 0.05) is 35.9 Å². The van der Waals surface area contributed by atoms with Gasteiger partial charge in [0.25, 0.3) is 6.43 Å². The molecule has 0 saturated heterocycles. The molecule has 16 saturated carbocycles. The summed E-state index contributed by atoms with van der Waals surface area (Å²) in [5.41, 5.74) is 2.78. The minimum atomic E-state index is -2.65. The molecule has 712 valence electrons. The molecule has 0 unspecified atom stereocenters. The molecule has 0 amide bonds. The van der Waals surface area contributed by atoms with Gasteiger partial charge in [-0.05, 0) is 434 Å². The van der Waals surface area contributed by atoms with E-state index in [0.717, 1.165) is 197 Å². The number of ketones is 4. The molecule has 24 heteroatoms. The van der Waals surface area contributed by atoms with Crippen LogP contribution in [0.4, 0.5) is 17.6 Å². The highest BCUT2D eigenvalue weighted by Gasteiger charge is 2.65. The van der Waals surface area contributed by atoms with E-state index in [9.17, 15) is 57.2 Å². The number of aromatic nitrogens is 12. The summed E-state index contributed by atoms with van der Waals surface area (Å²) in [6, 6.07) is 23.9. The van der Waals surface area contributed by atoms with E-state index in [4.69, 9.17) is 0 Å². The lowest BCUT2D eigenvalue weighted by Crippen LogP contribution is -2.53. The number of halogens is 4. The van der Waals surface area contributed by atoms with Crippen molar-refractivity contribution in [2.45, 2.75) is 328 Å². The molecule has 32 atom stereocenters. The Morgan fingerprint density at radius 3 is 1.23 bits per heavy atom. The summed E-state index contributed by atoms with van der Waals surface area (Å²) in [5.74, 6) is 14.1. The van der Waals surface area contributed by atoms with Crippen molar-refractivity contribution in [3.8, 4) is 0 Å². The summed E-state index contributed by atoms with van der Waals surface area (Å²) in [7, 11) is 0. The first-order valence-corrected chi connectivity index (χ1v) is 52.0. The van der Waals surface area contributed by atoms with Crippen molar-refractivity contribution in [1.82, 2.24) is 59.7 Å². The van der Waals surface area contributed by atoms with E-state index in [2.05, 4.69) is 68.5 Å². The number of aliphatic hydroxyl groups is 4. The first-order valence-electron chi connectivity index (χ1n) is 52.0. The van der Waals surface area contributed by atoms with Crippen molar-refractivity contribution in [2.24, 2.45) is 164 Å². The van der Waals surface area contributed by atoms with Crippen LogP contribution in [0, 0.1) is 170 Å². The van der Waals surface area contributed by atoms with Gasteiger partial charge >= 0.3 is 0 Å². The molecule has 8 aromatic rings. The molecule has 24 rings (SSSR count).